The van der Waals surface area contributed by atoms with Crippen molar-refractivity contribution < 1.29 is 0 Å². The van der Waals surface area contributed by atoms with Gasteiger partial charge in [0.05, 0.1) is 27.8 Å². The molecule has 240 valence electrons. The largest absolute Gasteiger partial charge is 0.354 e. The van der Waals surface area contributed by atoms with E-state index in [4.69, 9.17) is 0 Å². The summed E-state index contributed by atoms with van der Waals surface area (Å²) in [5.41, 5.74) is 13.9. The maximum Gasteiger partial charge on any atom is 0.0561 e. The maximum atomic E-state index is 3.90. The van der Waals surface area contributed by atoms with Gasteiger partial charge in [-0.15, -0.1) is 0 Å². The summed E-state index contributed by atoms with van der Waals surface area (Å²) in [6.45, 7) is 0. The van der Waals surface area contributed by atoms with Crippen molar-refractivity contribution in [3.05, 3.63) is 194 Å². The van der Waals surface area contributed by atoms with Crippen molar-refractivity contribution in [1.82, 2.24) is 9.13 Å². The fourth-order valence-electron chi connectivity index (χ4n) is 7.83. The van der Waals surface area contributed by atoms with Crippen LogP contribution in [0.5, 0.6) is 0 Å². The van der Waals surface area contributed by atoms with Gasteiger partial charge in [0.2, 0.25) is 0 Å². The molecule has 2 heterocycles. The smallest absolute Gasteiger partial charge is 0.0561 e. The van der Waals surface area contributed by atoms with Crippen LogP contribution < -0.4 is 5.32 Å². The van der Waals surface area contributed by atoms with Crippen molar-refractivity contribution in [2.45, 2.75) is 0 Å². The second kappa shape index (κ2) is 11.9. The minimum Gasteiger partial charge on any atom is -0.354 e. The molecule has 0 amide bonds. The molecule has 1 N–H and O–H groups in total. The average molecular weight is 652 g/mol. The van der Waals surface area contributed by atoms with Crippen LogP contribution in [0.1, 0.15) is 0 Å². The molecule has 51 heavy (non-hydrogen) atoms. The van der Waals surface area contributed by atoms with Gasteiger partial charge < -0.3 is 14.5 Å². The Kier molecular flexibility index (Phi) is 6.81. The number of aromatic nitrogens is 2. The van der Waals surface area contributed by atoms with Gasteiger partial charge in [-0.25, -0.2) is 0 Å². The monoisotopic (exact) mass is 651 g/mol. The molecule has 3 heteroatoms. The highest BCUT2D eigenvalue weighted by Crippen LogP contribution is 2.41. The zero-order chi connectivity index (χ0) is 33.7. The van der Waals surface area contributed by atoms with Crippen LogP contribution in [0.15, 0.2) is 194 Å². The van der Waals surface area contributed by atoms with Crippen molar-refractivity contribution in [1.29, 1.82) is 0 Å². The van der Waals surface area contributed by atoms with E-state index in [9.17, 15) is 0 Å². The summed E-state index contributed by atoms with van der Waals surface area (Å²) in [6.07, 6.45) is 0. The summed E-state index contributed by atoms with van der Waals surface area (Å²) in [4.78, 5) is 0. The molecule has 0 radical (unpaired) electrons. The number of nitrogens with zero attached hydrogens (tertiary/aromatic N) is 2. The summed E-state index contributed by atoms with van der Waals surface area (Å²) in [7, 11) is 0. The quantitative estimate of drug-likeness (QED) is 0.190. The minimum atomic E-state index is 1.04. The molecule has 2 aromatic heterocycles. The number of rotatable bonds is 6. The van der Waals surface area contributed by atoms with E-state index in [1.54, 1.807) is 0 Å². The number of benzene rings is 8. The van der Waals surface area contributed by atoms with Gasteiger partial charge in [-0.1, -0.05) is 140 Å². The molecule has 8 aromatic carbocycles. The highest BCUT2D eigenvalue weighted by atomic mass is 15.0. The lowest BCUT2D eigenvalue weighted by Gasteiger charge is -2.18. The molecule has 0 atom stereocenters. The fourth-order valence-corrected chi connectivity index (χ4v) is 7.83. The van der Waals surface area contributed by atoms with E-state index < -0.39 is 0 Å². The zero-order valence-electron chi connectivity index (χ0n) is 27.9. The second-order valence-corrected chi connectivity index (χ2v) is 13.1. The van der Waals surface area contributed by atoms with E-state index in [1.807, 2.05) is 0 Å². The third-order valence-corrected chi connectivity index (χ3v) is 10.1. The topological polar surface area (TPSA) is 21.9 Å². The molecule has 10 rings (SSSR count). The predicted molar refractivity (Wildman–Crippen MR) is 216 cm³/mol. The Balaban J connectivity index is 1.18. The van der Waals surface area contributed by atoms with E-state index in [0.29, 0.717) is 0 Å². The number of anilines is 2. The molecular weight excluding hydrogens is 619 g/mol. The van der Waals surface area contributed by atoms with E-state index >= 15 is 0 Å². The molecule has 10 aromatic rings. The molecule has 0 aliphatic rings. The first-order valence-electron chi connectivity index (χ1n) is 17.4. The highest BCUT2D eigenvalue weighted by Gasteiger charge is 2.18. The second-order valence-electron chi connectivity index (χ2n) is 13.1. The van der Waals surface area contributed by atoms with Crippen LogP contribution in [-0.2, 0) is 0 Å². The van der Waals surface area contributed by atoms with Crippen molar-refractivity contribution in [2.24, 2.45) is 0 Å². The van der Waals surface area contributed by atoms with Crippen molar-refractivity contribution in [3.8, 4) is 33.6 Å². The van der Waals surface area contributed by atoms with Crippen molar-refractivity contribution in [2.75, 3.05) is 5.32 Å². The zero-order valence-corrected chi connectivity index (χ0v) is 27.9. The molecule has 0 saturated heterocycles. The first kappa shape index (κ1) is 29.1. The third kappa shape index (κ3) is 4.82. The van der Waals surface area contributed by atoms with Gasteiger partial charge in [0.1, 0.15) is 0 Å². The number of hydrogen-bond acceptors (Lipinski definition) is 1. The van der Waals surface area contributed by atoms with Gasteiger partial charge in [-0.05, 0) is 65.7 Å². The first-order chi connectivity index (χ1) is 25.3. The Morgan fingerprint density at radius 3 is 1.45 bits per heavy atom. The summed E-state index contributed by atoms with van der Waals surface area (Å²) < 4.78 is 4.80. The summed E-state index contributed by atoms with van der Waals surface area (Å²) >= 11 is 0. The van der Waals surface area contributed by atoms with Crippen LogP contribution in [0.3, 0.4) is 0 Å². The van der Waals surface area contributed by atoms with Crippen LogP contribution in [0.25, 0.3) is 77.2 Å². The van der Waals surface area contributed by atoms with Gasteiger partial charge >= 0.3 is 0 Å². The molecule has 3 nitrogen and oxygen atoms in total. The molecule has 0 unspecified atom stereocenters. The Hall–Kier alpha value is -6.84. The van der Waals surface area contributed by atoms with Crippen molar-refractivity contribution in [3.63, 3.8) is 0 Å². The number of hydrogen-bond donors (Lipinski definition) is 1. The van der Waals surface area contributed by atoms with E-state index in [0.717, 1.165) is 22.7 Å². The molecule has 0 spiro atoms. The first-order valence-corrected chi connectivity index (χ1v) is 17.4. The van der Waals surface area contributed by atoms with Crippen LogP contribution in [0.4, 0.5) is 11.4 Å². The molecule has 0 saturated carbocycles. The molecule has 0 aliphatic heterocycles. The van der Waals surface area contributed by atoms with E-state index in [1.165, 1.54) is 65.9 Å². The Bertz CT molecular complexity index is 2750. The lowest BCUT2D eigenvalue weighted by molar-refractivity contribution is 1.15. The SMILES string of the molecule is c1ccc(-c2cccc(-c3ccccc3)c2Nc2ccc3c(c2)c2ccc(-n4c5ccccc5c5ccccc54)cc2n3-c2ccccc2)cc1. The molecular formula is C48H33N3. The van der Waals surface area contributed by atoms with Crippen LogP contribution in [-0.4, -0.2) is 9.13 Å². The fraction of sp³-hybridized carbons (Fsp3) is 0. The average Bonchev–Trinajstić information content (AvgIpc) is 3.71. The van der Waals surface area contributed by atoms with Crippen LogP contribution in [0.2, 0.25) is 0 Å². The Morgan fingerprint density at radius 1 is 0.314 bits per heavy atom. The van der Waals surface area contributed by atoms with Crippen LogP contribution >= 0.6 is 0 Å². The summed E-state index contributed by atoms with van der Waals surface area (Å²) in [6, 6.07) is 69.7. The minimum absolute atomic E-state index is 1.04. The van der Waals surface area contributed by atoms with Gasteiger partial charge in [-0.3, -0.25) is 0 Å². The van der Waals surface area contributed by atoms with E-state index in [2.05, 4.69) is 209 Å². The van der Waals surface area contributed by atoms with E-state index in [-0.39, 0.29) is 0 Å². The molecule has 0 fully saturated rings. The van der Waals surface area contributed by atoms with Gasteiger partial charge in [0.25, 0.3) is 0 Å². The summed E-state index contributed by atoms with van der Waals surface area (Å²) in [5, 5.41) is 8.84. The van der Waals surface area contributed by atoms with Gasteiger partial charge in [-0.2, -0.15) is 0 Å². The number of fused-ring (bicyclic) bond motifs is 6. The lowest BCUT2D eigenvalue weighted by Crippen LogP contribution is -1.98. The highest BCUT2D eigenvalue weighted by molar-refractivity contribution is 6.13. The number of para-hydroxylation sites is 4. The third-order valence-electron chi connectivity index (χ3n) is 10.1. The summed E-state index contributed by atoms with van der Waals surface area (Å²) in [5.74, 6) is 0. The Morgan fingerprint density at radius 2 is 0.824 bits per heavy atom. The van der Waals surface area contributed by atoms with Crippen molar-refractivity contribution >= 4 is 55.0 Å². The maximum absolute atomic E-state index is 3.90. The normalized spacial score (nSPS) is 11.5. The van der Waals surface area contributed by atoms with Crippen LogP contribution in [0, 0.1) is 0 Å². The lowest BCUT2D eigenvalue weighted by atomic mass is 9.95. The standard InChI is InChI=1S/C48H33N3/c1-4-15-33(16-5-1)38-23-14-24-39(34-17-6-2-7-18-34)48(38)49-35-27-30-46-43(31-35)42-29-28-37(32-47(42)50(46)36-19-8-3-9-20-36)51-44-25-12-10-21-40(44)41-22-11-13-26-45(41)51/h1-32,49H. The predicted octanol–water partition coefficient (Wildman–Crippen LogP) is 13.0. The van der Waals surface area contributed by atoms with Gasteiger partial charge in [0, 0.05) is 49.7 Å². The molecule has 0 aliphatic carbocycles. The number of nitrogens with one attached hydrogen (secondary N) is 1. The Labute approximate surface area is 296 Å². The molecule has 0 bridgehead atoms. The van der Waals surface area contributed by atoms with Gasteiger partial charge in [0.15, 0.2) is 0 Å².